The van der Waals surface area contributed by atoms with Crippen molar-refractivity contribution in [1.29, 1.82) is 0 Å². The predicted octanol–water partition coefficient (Wildman–Crippen LogP) is 2.27. The Morgan fingerprint density at radius 3 is 2.60 bits per heavy atom. The van der Waals surface area contributed by atoms with Crippen LogP contribution in [0.2, 0.25) is 10.0 Å². The van der Waals surface area contributed by atoms with E-state index in [1.165, 1.54) is 4.90 Å². The molecule has 0 aromatic heterocycles. The highest BCUT2D eigenvalue weighted by Gasteiger charge is 2.33. The molecule has 1 heterocycles. The van der Waals surface area contributed by atoms with Crippen LogP contribution >= 0.6 is 23.2 Å². The average Bonchev–Trinajstić information content (AvgIpc) is 2.66. The van der Waals surface area contributed by atoms with Gasteiger partial charge in [0.05, 0.1) is 6.54 Å². The number of benzene rings is 1. The summed E-state index contributed by atoms with van der Waals surface area (Å²) in [7, 11) is 0. The molecule has 0 spiro atoms. The molecule has 0 aliphatic carbocycles. The third-order valence-corrected chi connectivity index (χ3v) is 3.64. The monoisotopic (exact) mass is 315 g/mol. The second-order valence-corrected chi connectivity index (χ2v) is 5.19. The van der Waals surface area contributed by atoms with E-state index in [4.69, 9.17) is 28.3 Å². The maximum Gasteiger partial charge on any atom is 0.337 e. The van der Waals surface area contributed by atoms with Gasteiger partial charge in [0.25, 0.3) is 5.91 Å². The fourth-order valence-electron chi connectivity index (χ4n) is 1.95. The first-order valence-corrected chi connectivity index (χ1v) is 6.54. The number of aliphatic hydroxyl groups is 1. The minimum absolute atomic E-state index is 0.106. The van der Waals surface area contributed by atoms with Gasteiger partial charge < -0.3 is 15.1 Å². The summed E-state index contributed by atoms with van der Waals surface area (Å²) in [5.41, 5.74) is 0.518. The van der Waals surface area contributed by atoms with Gasteiger partial charge in [0.2, 0.25) is 0 Å². The number of nitrogens with zero attached hydrogens (tertiary/aromatic N) is 1. The van der Waals surface area contributed by atoms with Crippen LogP contribution in [0, 0.1) is 0 Å². The molecular weight excluding hydrogens is 305 g/mol. The Labute approximate surface area is 125 Å². The Morgan fingerprint density at radius 1 is 1.35 bits per heavy atom. The number of carbonyl (C=O) groups excluding carboxylic acids is 1. The minimum Gasteiger partial charge on any atom is -0.503 e. The molecule has 0 bridgehead atoms. The van der Waals surface area contributed by atoms with E-state index in [-0.39, 0.29) is 18.7 Å². The number of carboxylic acid groups (broad SMARTS) is 1. The second-order valence-electron chi connectivity index (χ2n) is 4.34. The van der Waals surface area contributed by atoms with E-state index in [1.807, 2.05) is 0 Å². The lowest BCUT2D eigenvalue weighted by atomic mass is 10.1. The Balaban J connectivity index is 2.03. The molecule has 20 heavy (non-hydrogen) atoms. The molecule has 1 aromatic rings. The Kier molecular flexibility index (Phi) is 4.20. The lowest BCUT2D eigenvalue weighted by Crippen LogP contribution is -2.29. The molecule has 0 fully saturated rings. The van der Waals surface area contributed by atoms with Crippen molar-refractivity contribution in [3.63, 3.8) is 0 Å². The topological polar surface area (TPSA) is 77.8 Å². The molecule has 1 amide bonds. The summed E-state index contributed by atoms with van der Waals surface area (Å²) in [5.74, 6) is -2.66. The van der Waals surface area contributed by atoms with E-state index in [0.29, 0.717) is 16.5 Å². The number of aliphatic carboxylic acids is 1. The molecule has 2 rings (SSSR count). The van der Waals surface area contributed by atoms with Gasteiger partial charge in [-0.3, -0.25) is 4.79 Å². The molecule has 5 nitrogen and oxygen atoms in total. The number of aliphatic hydroxyl groups excluding tert-OH is 1. The molecular formula is C13H11Cl2NO4. The highest BCUT2D eigenvalue weighted by Crippen LogP contribution is 2.23. The standard InChI is InChI=1S/C13H11Cl2NO4/c14-8-2-1-7(10(15)5-8)3-4-16-6-9(13(19)20)11(17)12(16)18/h1-2,5,17H,3-4,6H2,(H,19,20). The van der Waals surface area contributed by atoms with Crippen molar-refractivity contribution in [1.82, 2.24) is 4.90 Å². The molecule has 0 saturated heterocycles. The maximum atomic E-state index is 11.7. The van der Waals surface area contributed by atoms with E-state index in [0.717, 1.165) is 5.56 Å². The summed E-state index contributed by atoms with van der Waals surface area (Å²) >= 11 is 11.8. The molecule has 0 saturated carbocycles. The van der Waals surface area contributed by atoms with Crippen LogP contribution in [0.25, 0.3) is 0 Å². The van der Waals surface area contributed by atoms with Crippen LogP contribution in [0.5, 0.6) is 0 Å². The zero-order valence-electron chi connectivity index (χ0n) is 10.3. The zero-order chi connectivity index (χ0) is 14.9. The Hall–Kier alpha value is -1.72. The molecule has 1 aromatic carbocycles. The fourth-order valence-corrected chi connectivity index (χ4v) is 2.45. The van der Waals surface area contributed by atoms with Crippen molar-refractivity contribution in [2.24, 2.45) is 0 Å². The maximum absolute atomic E-state index is 11.7. The number of rotatable bonds is 4. The molecule has 7 heteroatoms. The molecule has 0 atom stereocenters. The minimum atomic E-state index is -1.29. The molecule has 2 N–H and O–H groups in total. The molecule has 1 aliphatic rings. The molecule has 1 aliphatic heterocycles. The number of hydrogen-bond donors (Lipinski definition) is 2. The van der Waals surface area contributed by atoms with Gasteiger partial charge in [-0.2, -0.15) is 0 Å². The van der Waals surface area contributed by atoms with Gasteiger partial charge in [-0.1, -0.05) is 29.3 Å². The summed E-state index contributed by atoms with van der Waals surface area (Å²) in [5, 5.41) is 19.3. The van der Waals surface area contributed by atoms with E-state index in [1.54, 1.807) is 18.2 Å². The third-order valence-electron chi connectivity index (χ3n) is 3.05. The van der Waals surface area contributed by atoms with Gasteiger partial charge in [0, 0.05) is 16.6 Å². The molecule has 0 radical (unpaired) electrons. The smallest absolute Gasteiger partial charge is 0.337 e. The van der Waals surface area contributed by atoms with Crippen molar-refractivity contribution in [3.8, 4) is 0 Å². The first kappa shape index (κ1) is 14.7. The summed E-state index contributed by atoms with van der Waals surface area (Å²) in [6, 6.07) is 5.03. The summed E-state index contributed by atoms with van der Waals surface area (Å²) in [6.07, 6.45) is 0.446. The van der Waals surface area contributed by atoms with Crippen molar-refractivity contribution >= 4 is 35.1 Å². The van der Waals surface area contributed by atoms with Gasteiger partial charge in [0.15, 0.2) is 5.76 Å². The quantitative estimate of drug-likeness (QED) is 0.893. The second kappa shape index (κ2) is 5.73. The largest absolute Gasteiger partial charge is 0.503 e. The van der Waals surface area contributed by atoms with Crippen LogP contribution in [0.4, 0.5) is 0 Å². The SMILES string of the molecule is O=C(O)C1=C(O)C(=O)N(CCc2ccc(Cl)cc2Cl)C1. The van der Waals surface area contributed by atoms with Crippen LogP contribution in [-0.4, -0.2) is 40.1 Å². The van der Waals surface area contributed by atoms with Gasteiger partial charge >= 0.3 is 5.97 Å². The highest BCUT2D eigenvalue weighted by molar-refractivity contribution is 6.35. The van der Waals surface area contributed by atoms with Crippen molar-refractivity contribution in [2.45, 2.75) is 6.42 Å². The van der Waals surface area contributed by atoms with Crippen LogP contribution in [0.3, 0.4) is 0 Å². The average molecular weight is 316 g/mol. The number of halogens is 2. The first-order chi connectivity index (χ1) is 9.40. The number of hydrogen-bond acceptors (Lipinski definition) is 3. The van der Waals surface area contributed by atoms with Crippen LogP contribution in [0.1, 0.15) is 5.56 Å². The third kappa shape index (κ3) is 2.89. The lowest BCUT2D eigenvalue weighted by molar-refractivity contribution is -0.133. The Bertz CT molecular complexity index is 612. The van der Waals surface area contributed by atoms with Crippen molar-refractivity contribution < 1.29 is 19.8 Å². The fraction of sp³-hybridized carbons (Fsp3) is 0.231. The van der Waals surface area contributed by atoms with E-state index in [9.17, 15) is 14.7 Å². The van der Waals surface area contributed by atoms with E-state index >= 15 is 0 Å². The van der Waals surface area contributed by atoms with Crippen LogP contribution < -0.4 is 0 Å². The number of carbonyl (C=O) groups is 2. The number of carboxylic acids is 1. The van der Waals surface area contributed by atoms with Gasteiger partial charge in [0.1, 0.15) is 5.57 Å². The van der Waals surface area contributed by atoms with E-state index < -0.39 is 17.6 Å². The first-order valence-electron chi connectivity index (χ1n) is 5.78. The summed E-state index contributed by atoms with van der Waals surface area (Å²) in [4.78, 5) is 23.8. The zero-order valence-corrected chi connectivity index (χ0v) is 11.8. The highest BCUT2D eigenvalue weighted by atomic mass is 35.5. The van der Waals surface area contributed by atoms with Crippen molar-refractivity contribution in [2.75, 3.05) is 13.1 Å². The summed E-state index contributed by atoms with van der Waals surface area (Å²) in [6.45, 7) is 0.159. The number of amides is 1. The molecule has 0 unspecified atom stereocenters. The molecule has 106 valence electrons. The lowest BCUT2D eigenvalue weighted by Gasteiger charge is -2.16. The Morgan fingerprint density at radius 2 is 2.05 bits per heavy atom. The van der Waals surface area contributed by atoms with Crippen LogP contribution in [-0.2, 0) is 16.0 Å². The normalized spacial score (nSPS) is 15.1. The van der Waals surface area contributed by atoms with Gasteiger partial charge in [-0.15, -0.1) is 0 Å². The van der Waals surface area contributed by atoms with Crippen molar-refractivity contribution in [3.05, 3.63) is 45.1 Å². The summed E-state index contributed by atoms with van der Waals surface area (Å²) < 4.78 is 0. The van der Waals surface area contributed by atoms with Crippen LogP contribution in [0.15, 0.2) is 29.5 Å². The predicted molar refractivity (Wildman–Crippen MR) is 74.0 cm³/mol. The van der Waals surface area contributed by atoms with Gasteiger partial charge in [-0.25, -0.2) is 4.79 Å². The van der Waals surface area contributed by atoms with Gasteiger partial charge in [-0.05, 0) is 24.1 Å². The van der Waals surface area contributed by atoms with E-state index in [2.05, 4.69) is 0 Å².